The molecule has 5 heteroatoms. The lowest BCUT2D eigenvalue weighted by molar-refractivity contribution is -0.146. The van der Waals surface area contributed by atoms with Gasteiger partial charge in [0, 0.05) is 24.9 Å². The number of rotatable bonds is 6. The van der Waals surface area contributed by atoms with Crippen LogP contribution >= 0.6 is 0 Å². The quantitative estimate of drug-likeness (QED) is 0.559. The number of carbonyl (C=O) groups is 2. The number of fused-ring (bicyclic) bond motifs is 1. The van der Waals surface area contributed by atoms with Gasteiger partial charge in [0.25, 0.3) is 0 Å². The summed E-state index contributed by atoms with van der Waals surface area (Å²) in [7, 11) is 1.44. The molecule has 160 valence electrons. The third-order valence-electron chi connectivity index (χ3n) is 6.86. The van der Waals surface area contributed by atoms with Gasteiger partial charge in [-0.05, 0) is 42.6 Å². The van der Waals surface area contributed by atoms with E-state index in [1.165, 1.54) is 39.2 Å². The maximum Gasteiger partial charge on any atom is 0.323 e. The van der Waals surface area contributed by atoms with Crippen LogP contribution in [0, 0.1) is 11.8 Å². The molecule has 30 heavy (non-hydrogen) atoms. The fourth-order valence-electron chi connectivity index (χ4n) is 5.28. The highest BCUT2D eigenvalue weighted by atomic mass is 16.5. The molecule has 1 heterocycles. The first-order valence-electron chi connectivity index (χ1n) is 11.1. The molecule has 1 saturated carbocycles. The average Bonchev–Trinajstić information content (AvgIpc) is 3.16. The van der Waals surface area contributed by atoms with E-state index in [2.05, 4.69) is 4.90 Å². The second-order valence-corrected chi connectivity index (χ2v) is 8.91. The fraction of sp³-hybridized carbons (Fsp3) is 0.520. The summed E-state index contributed by atoms with van der Waals surface area (Å²) < 4.78 is 5.05. The predicted molar refractivity (Wildman–Crippen MR) is 117 cm³/mol. The third-order valence-corrected chi connectivity index (χ3v) is 6.86. The maximum atomic E-state index is 13.0. The average molecular weight is 410 g/mol. The van der Waals surface area contributed by atoms with Crippen molar-refractivity contribution < 1.29 is 19.4 Å². The van der Waals surface area contributed by atoms with E-state index in [0.29, 0.717) is 29.7 Å². The van der Waals surface area contributed by atoms with E-state index in [4.69, 9.17) is 4.74 Å². The monoisotopic (exact) mass is 409 g/mol. The molecule has 0 unspecified atom stereocenters. The topological polar surface area (TPSA) is 66.8 Å². The molecule has 0 radical (unpaired) electrons. The molecule has 0 aromatic heterocycles. The number of carbonyl (C=O) groups excluding carboxylic acids is 2. The highest BCUT2D eigenvalue weighted by Crippen LogP contribution is 2.34. The molecular formula is C25H31NO4. The molecule has 0 spiro atoms. The Balaban J connectivity index is 1.46. The van der Waals surface area contributed by atoms with Crippen LogP contribution in [0.5, 0.6) is 5.75 Å². The van der Waals surface area contributed by atoms with E-state index in [0.717, 1.165) is 18.5 Å². The Labute approximate surface area is 178 Å². The van der Waals surface area contributed by atoms with Crippen LogP contribution in [0.2, 0.25) is 0 Å². The second-order valence-electron chi connectivity index (χ2n) is 8.91. The number of ether oxygens (including phenoxy) is 1. The Morgan fingerprint density at radius 1 is 1.07 bits per heavy atom. The molecule has 2 fully saturated rings. The Kier molecular flexibility index (Phi) is 6.38. The molecule has 2 aliphatic rings. The van der Waals surface area contributed by atoms with Crippen molar-refractivity contribution >= 4 is 22.5 Å². The number of benzene rings is 2. The lowest BCUT2D eigenvalue weighted by Gasteiger charge is -2.29. The fourth-order valence-corrected chi connectivity index (χ4v) is 5.28. The minimum absolute atomic E-state index is 0.0553. The largest absolute Gasteiger partial charge is 0.507 e. The van der Waals surface area contributed by atoms with Gasteiger partial charge in [-0.25, -0.2) is 0 Å². The Morgan fingerprint density at radius 3 is 2.60 bits per heavy atom. The lowest BCUT2D eigenvalue weighted by atomic mass is 9.89. The molecule has 1 N–H and O–H groups in total. The van der Waals surface area contributed by atoms with Crippen LogP contribution < -0.4 is 0 Å². The molecule has 1 aliphatic heterocycles. The molecule has 2 aromatic carbocycles. The molecule has 1 aliphatic carbocycles. The standard InChI is InChI=1S/C25H31NO4/c1-30-25(29)22-13-18(16-26(22)15-17-7-3-2-4-8-17)14-23(27)21-12-11-19-9-5-6-10-20(19)24(21)28/h5-6,9-12,17-18,22,28H,2-4,7-8,13-16H2,1H3/t18-,22-/m0/s1. The highest BCUT2D eigenvalue weighted by Gasteiger charge is 2.39. The van der Waals surface area contributed by atoms with Crippen molar-refractivity contribution in [2.45, 2.75) is 51.0 Å². The van der Waals surface area contributed by atoms with E-state index in [1.54, 1.807) is 6.07 Å². The van der Waals surface area contributed by atoms with Crippen LogP contribution in [0.15, 0.2) is 36.4 Å². The Bertz CT molecular complexity index is 919. The SMILES string of the molecule is COC(=O)[C@@H]1C[C@@H](CC(=O)c2ccc3ccccc3c2O)CN1CC1CCCCC1. The van der Waals surface area contributed by atoms with Gasteiger partial charge in [-0.2, -0.15) is 0 Å². The zero-order chi connectivity index (χ0) is 21.1. The number of ketones is 1. The number of aromatic hydroxyl groups is 1. The number of nitrogens with zero attached hydrogens (tertiary/aromatic N) is 1. The van der Waals surface area contributed by atoms with E-state index in [9.17, 15) is 14.7 Å². The zero-order valence-corrected chi connectivity index (χ0v) is 17.7. The summed E-state index contributed by atoms with van der Waals surface area (Å²) >= 11 is 0. The van der Waals surface area contributed by atoms with Crippen LogP contribution in [-0.2, 0) is 9.53 Å². The van der Waals surface area contributed by atoms with E-state index >= 15 is 0 Å². The molecule has 0 bridgehead atoms. The zero-order valence-electron chi connectivity index (χ0n) is 17.7. The Hall–Kier alpha value is -2.40. The lowest BCUT2D eigenvalue weighted by Crippen LogP contribution is -2.40. The first-order valence-corrected chi connectivity index (χ1v) is 11.1. The van der Waals surface area contributed by atoms with Gasteiger partial charge < -0.3 is 9.84 Å². The third kappa shape index (κ3) is 4.36. The smallest absolute Gasteiger partial charge is 0.323 e. The van der Waals surface area contributed by atoms with Crippen molar-refractivity contribution in [3.05, 3.63) is 42.0 Å². The summed E-state index contributed by atoms with van der Waals surface area (Å²) in [6.45, 7) is 1.64. The molecule has 0 amide bonds. The van der Waals surface area contributed by atoms with Crippen molar-refractivity contribution in [1.82, 2.24) is 4.90 Å². The first kappa shape index (κ1) is 20.9. The van der Waals surface area contributed by atoms with Crippen LogP contribution in [0.4, 0.5) is 0 Å². The number of phenolic OH excluding ortho intramolecular Hbond substituents is 1. The molecular weight excluding hydrogens is 378 g/mol. The number of hydrogen-bond acceptors (Lipinski definition) is 5. The summed E-state index contributed by atoms with van der Waals surface area (Å²) in [5.74, 6) is 0.515. The van der Waals surface area contributed by atoms with Gasteiger partial charge in [0.15, 0.2) is 5.78 Å². The predicted octanol–water partition coefficient (Wildman–Crippen LogP) is 4.56. The first-order chi connectivity index (χ1) is 14.6. The normalized spacial score (nSPS) is 23.0. The van der Waals surface area contributed by atoms with Gasteiger partial charge in [-0.15, -0.1) is 0 Å². The van der Waals surface area contributed by atoms with E-state index in [1.807, 2.05) is 30.3 Å². The summed E-state index contributed by atoms with van der Waals surface area (Å²) in [5.41, 5.74) is 0.369. The number of hydrogen-bond donors (Lipinski definition) is 1. The maximum absolute atomic E-state index is 13.0. The molecule has 2 atom stereocenters. The van der Waals surface area contributed by atoms with Crippen LogP contribution in [-0.4, -0.2) is 48.0 Å². The van der Waals surface area contributed by atoms with Crippen molar-refractivity contribution in [1.29, 1.82) is 0 Å². The van der Waals surface area contributed by atoms with Gasteiger partial charge in [0.1, 0.15) is 11.8 Å². The number of likely N-dealkylation sites (tertiary alicyclic amines) is 1. The van der Waals surface area contributed by atoms with Crippen molar-refractivity contribution in [2.24, 2.45) is 11.8 Å². The summed E-state index contributed by atoms with van der Waals surface area (Å²) in [4.78, 5) is 27.6. The second kappa shape index (κ2) is 9.17. The minimum atomic E-state index is -0.264. The van der Waals surface area contributed by atoms with E-state index in [-0.39, 0.29) is 29.5 Å². The number of methoxy groups -OCH3 is 1. The van der Waals surface area contributed by atoms with Gasteiger partial charge >= 0.3 is 5.97 Å². The number of Topliss-reactive ketones (excluding diaryl/α,β-unsaturated/α-hetero) is 1. The van der Waals surface area contributed by atoms with Crippen molar-refractivity contribution in [3.8, 4) is 5.75 Å². The Morgan fingerprint density at radius 2 is 1.83 bits per heavy atom. The van der Waals surface area contributed by atoms with Gasteiger partial charge in [0.05, 0.1) is 12.7 Å². The van der Waals surface area contributed by atoms with Crippen LogP contribution in [0.1, 0.15) is 55.3 Å². The molecule has 5 nitrogen and oxygen atoms in total. The summed E-state index contributed by atoms with van der Waals surface area (Å²) in [6, 6.07) is 10.9. The highest BCUT2D eigenvalue weighted by molar-refractivity contribution is 6.04. The van der Waals surface area contributed by atoms with Gasteiger partial charge in [-0.3, -0.25) is 14.5 Å². The molecule has 1 saturated heterocycles. The van der Waals surface area contributed by atoms with E-state index < -0.39 is 0 Å². The minimum Gasteiger partial charge on any atom is -0.507 e. The number of phenols is 1. The molecule has 2 aromatic rings. The summed E-state index contributed by atoms with van der Waals surface area (Å²) in [5, 5.41) is 12.2. The van der Waals surface area contributed by atoms with Gasteiger partial charge in [-0.1, -0.05) is 49.6 Å². The summed E-state index contributed by atoms with van der Waals surface area (Å²) in [6.07, 6.45) is 7.26. The van der Waals surface area contributed by atoms with Crippen molar-refractivity contribution in [3.63, 3.8) is 0 Å². The van der Waals surface area contributed by atoms with Crippen LogP contribution in [0.25, 0.3) is 10.8 Å². The van der Waals surface area contributed by atoms with Crippen LogP contribution in [0.3, 0.4) is 0 Å². The molecule has 4 rings (SSSR count). The van der Waals surface area contributed by atoms with Gasteiger partial charge in [0.2, 0.25) is 0 Å². The number of esters is 1. The van der Waals surface area contributed by atoms with Crippen molar-refractivity contribution in [2.75, 3.05) is 20.2 Å².